The van der Waals surface area contributed by atoms with Gasteiger partial charge in [-0.15, -0.1) is 0 Å². The minimum absolute atomic E-state index is 0.427. The van der Waals surface area contributed by atoms with Gasteiger partial charge < -0.3 is 15.4 Å². The topological polar surface area (TPSA) is 51.4 Å². The molecule has 21 heavy (non-hydrogen) atoms. The maximum absolute atomic E-state index is 5.64. The predicted molar refractivity (Wildman–Crippen MR) is 89.1 cm³/mol. The monoisotopic (exact) mass is 287 g/mol. The highest BCUT2D eigenvalue weighted by Crippen LogP contribution is 2.32. The first-order chi connectivity index (χ1) is 10.2. The van der Waals surface area contributed by atoms with Crippen LogP contribution in [0.3, 0.4) is 0 Å². The maximum Gasteiger partial charge on any atom is 0.121 e. The molecule has 0 fully saturated rings. The van der Waals surface area contributed by atoms with Crippen molar-refractivity contribution in [3.8, 4) is 5.75 Å². The second kappa shape index (κ2) is 7.27. The van der Waals surface area contributed by atoms with E-state index in [0.717, 1.165) is 48.3 Å². The second-order valence-corrected chi connectivity index (χ2v) is 5.29. The number of rotatable bonds is 7. The lowest BCUT2D eigenvalue weighted by Gasteiger charge is -2.31. The number of nitrogens with zero attached hydrogens (tertiary/aromatic N) is 2. The zero-order chi connectivity index (χ0) is 15.2. The van der Waals surface area contributed by atoms with E-state index in [-0.39, 0.29) is 0 Å². The Morgan fingerprint density at radius 3 is 2.86 bits per heavy atom. The number of benzene rings is 1. The van der Waals surface area contributed by atoms with E-state index in [9.17, 15) is 0 Å². The lowest BCUT2D eigenvalue weighted by Crippen LogP contribution is -2.33. The molecular formula is C17H25N3O. The van der Waals surface area contributed by atoms with Crippen molar-refractivity contribution in [3.63, 3.8) is 0 Å². The molecule has 2 rings (SSSR count). The lowest BCUT2D eigenvalue weighted by atomic mass is 10.1. The molecule has 1 aromatic carbocycles. The van der Waals surface area contributed by atoms with Gasteiger partial charge in [0.2, 0.25) is 0 Å². The highest BCUT2D eigenvalue weighted by atomic mass is 16.5. The number of fused-ring (bicyclic) bond motifs is 1. The summed E-state index contributed by atoms with van der Waals surface area (Å²) in [5, 5.41) is 1.11. The van der Waals surface area contributed by atoms with Crippen molar-refractivity contribution in [2.24, 2.45) is 5.73 Å². The Balaban J connectivity index is 2.46. The predicted octanol–water partition coefficient (Wildman–Crippen LogP) is 3.20. The van der Waals surface area contributed by atoms with Crippen LogP contribution >= 0.6 is 0 Å². The molecule has 0 aliphatic heterocycles. The summed E-state index contributed by atoms with van der Waals surface area (Å²) in [6.45, 7) is 6.09. The van der Waals surface area contributed by atoms with Crippen LogP contribution in [0.4, 0.5) is 5.69 Å². The zero-order valence-corrected chi connectivity index (χ0v) is 13.2. The van der Waals surface area contributed by atoms with E-state index in [2.05, 4.69) is 35.9 Å². The van der Waals surface area contributed by atoms with Crippen molar-refractivity contribution in [1.82, 2.24) is 4.98 Å². The van der Waals surface area contributed by atoms with Crippen molar-refractivity contribution in [2.45, 2.75) is 32.7 Å². The van der Waals surface area contributed by atoms with E-state index in [0.29, 0.717) is 6.04 Å². The molecule has 0 saturated heterocycles. The number of anilines is 1. The molecule has 1 heterocycles. The highest BCUT2D eigenvalue weighted by molar-refractivity contribution is 5.92. The molecule has 0 amide bonds. The molecular weight excluding hydrogens is 262 g/mol. The molecule has 0 saturated carbocycles. The number of methoxy groups -OCH3 is 1. The molecule has 0 aliphatic carbocycles. The van der Waals surface area contributed by atoms with Crippen LogP contribution in [0.5, 0.6) is 5.75 Å². The Morgan fingerprint density at radius 2 is 2.19 bits per heavy atom. The summed E-state index contributed by atoms with van der Waals surface area (Å²) in [6.07, 6.45) is 3.96. The fraction of sp³-hybridized carbons (Fsp3) is 0.471. The third-order valence-corrected chi connectivity index (χ3v) is 3.90. The van der Waals surface area contributed by atoms with Crippen LogP contribution < -0.4 is 15.4 Å². The number of pyridine rings is 1. The van der Waals surface area contributed by atoms with Crippen LogP contribution in [0.15, 0.2) is 30.5 Å². The maximum atomic E-state index is 5.64. The summed E-state index contributed by atoms with van der Waals surface area (Å²) in [5.74, 6) is 0.870. The van der Waals surface area contributed by atoms with Gasteiger partial charge in [-0.2, -0.15) is 0 Å². The van der Waals surface area contributed by atoms with E-state index < -0.39 is 0 Å². The largest absolute Gasteiger partial charge is 0.497 e. The molecule has 4 nitrogen and oxygen atoms in total. The molecule has 1 aromatic heterocycles. The van der Waals surface area contributed by atoms with Crippen molar-refractivity contribution < 1.29 is 4.74 Å². The molecule has 2 N–H and O–H groups in total. The van der Waals surface area contributed by atoms with E-state index in [1.54, 1.807) is 7.11 Å². The van der Waals surface area contributed by atoms with Gasteiger partial charge in [-0.1, -0.05) is 6.07 Å². The molecule has 0 spiro atoms. The first-order valence-electron chi connectivity index (χ1n) is 7.60. The Bertz CT molecular complexity index is 585. The van der Waals surface area contributed by atoms with Gasteiger partial charge in [0.1, 0.15) is 5.75 Å². The summed E-state index contributed by atoms with van der Waals surface area (Å²) in [4.78, 5) is 6.95. The normalized spacial score (nSPS) is 12.4. The van der Waals surface area contributed by atoms with Crippen LogP contribution in [-0.2, 0) is 0 Å². The van der Waals surface area contributed by atoms with Crippen LogP contribution in [0.2, 0.25) is 0 Å². The van der Waals surface area contributed by atoms with Crippen LogP contribution in [0.25, 0.3) is 10.9 Å². The molecule has 2 aromatic rings. The van der Waals surface area contributed by atoms with Gasteiger partial charge in [-0.25, -0.2) is 0 Å². The zero-order valence-electron chi connectivity index (χ0n) is 13.2. The number of hydrogen-bond acceptors (Lipinski definition) is 4. The van der Waals surface area contributed by atoms with E-state index in [4.69, 9.17) is 10.5 Å². The van der Waals surface area contributed by atoms with E-state index in [1.807, 2.05) is 18.3 Å². The van der Waals surface area contributed by atoms with Gasteiger partial charge >= 0.3 is 0 Å². The third-order valence-electron chi connectivity index (χ3n) is 3.90. The third kappa shape index (κ3) is 3.45. The smallest absolute Gasteiger partial charge is 0.121 e. The van der Waals surface area contributed by atoms with Crippen LogP contribution in [-0.4, -0.2) is 31.2 Å². The molecule has 1 unspecified atom stereocenters. The van der Waals surface area contributed by atoms with Crippen LogP contribution in [0.1, 0.15) is 26.7 Å². The molecule has 114 valence electrons. The summed E-state index contributed by atoms with van der Waals surface area (Å²) >= 11 is 0. The SMILES string of the molecule is CCN(c1cc(OC)cc2cccnc12)C(C)CCCN. The average Bonchev–Trinajstić information content (AvgIpc) is 2.53. The van der Waals surface area contributed by atoms with Crippen molar-refractivity contribution >= 4 is 16.6 Å². The van der Waals surface area contributed by atoms with Crippen molar-refractivity contribution in [3.05, 3.63) is 30.5 Å². The van der Waals surface area contributed by atoms with Crippen molar-refractivity contribution in [1.29, 1.82) is 0 Å². The lowest BCUT2D eigenvalue weighted by molar-refractivity contribution is 0.415. The fourth-order valence-electron chi connectivity index (χ4n) is 2.77. The van der Waals surface area contributed by atoms with Gasteiger partial charge in [-0.05, 0) is 45.4 Å². The van der Waals surface area contributed by atoms with Crippen LogP contribution in [0, 0.1) is 0 Å². The Morgan fingerprint density at radius 1 is 1.38 bits per heavy atom. The summed E-state index contributed by atoms with van der Waals surface area (Å²) in [6, 6.07) is 8.57. The Labute approximate surface area is 126 Å². The first-order valence-corrected chi connectivity index (χ1v) is 7.60. The van der Waals surface area contributed by atoms with Crippen molar-refractivity contribution in [2.75, 3.05) is 25.1 Å². The number of aromatic nitrogens is 1. The van der Waals surface area contributed by atoms with Gasteiger partial charge in [0.15, 0.2) is 0 Å². The fourth-order valence-corrected chi connectivity index (χ4v) is 2.77. The second-order valence-electron chi connectivity index (χ2n) is 5.29. The Hall–Kier alpha value is -1.81. The molecule has 0 radical (unpaired) electrons. The van der Waals surface area contributed by atoms with Gasteiger partial charge in [0.25, 0.3) is 0 Å². The van der Waals surface area contributed by atoms with Gasteiger partial charge in [0.05, 0.1) is 18.3 Å². The highest BCUT2D eigenvalue weighted by Gasteiger charge is 2.17. The van der Waals surface area contributed by atoms with Gasteiger partial charge in [0, 0.05) is 30.2 Å². The quantitative estimate of drug-likeness (QED) is 0.849. The minimum Gasteiger partial charge on any atom is -0.497 e. The number of ether oxygens (including phenoxy) is 1. The molecule has 4 heteroatoms. The first kappa shape index (κ1) is 15.6. The molecule has 1 atom stereocenters. The van der Waals surface area contributed by atoms with E-state index >= 15 is 0 Å². The number of nitrogens with two attached hydrogens (primary N) is 1. The minimum atomic E-state index is 0.427. The summed E-state index contributed by atoms with van der Waals surface area (Å²) < 4.78 is 5.44. The summed E-state index contributed by atoms with van der Waals surface area (Å²) in [7, 11) is 1.70. The molecule has 0 bridgehead atoms. The standard InChI is InChI=1S/C17H25N3O/c1-4-20(13(2)7-5-9-18)16-12-15(21-3)11-14-8-6-10-19-17(14)16/h6,8,10-13H,4-5,7,9,18H2,1-3H3. The molecule has 0 aliphatic rings. The Kier molecular flexibility index (Phi) is 5.39. The van der Waals surface area contributed by atoms with Gasteiger partial charge in [-0.3, -0.25) is 4.98 Å². The van der Waals surface area contributed by atoms with E-state index in [1.165, 1.54) is 0 Å². The number of hydrogen-bond donors (Lipinski definition) is 1. The summed E-state index contributed by atoms with van der Waals surface area (Å²) in [5.41, 5.74) is 7.81. The average molecular weight is 287 g/mol.